The minimum Gasteiger partial charge on any atom is -0.368 e. The van der Waals surface area contributed by atoms with Crippen molar-refractivity contribution in [2.75, 3.05) is 57.7 Å². The number of hydrogen-bond donors (Lipinski definition) is 2. The molecular weight excluding hydrogens is 368 g/mol. The molecule has 2 amide bonds. The Morgan fingerprint density at radius 2 is 1.93 bits per heavy atom. The topological polar surface area (TPSA) is 73.9 Å². The van der Waals surface area contributed by atoms with E-state index in [-0.39, 0.29) is 17.9 Å². The molecule has 2 aliphatic heterocycles. The summed E-state index contributed by atoms with van der Waals surface area (Å²) in [6.45, 7) is 10.4. The first kappa shape index (κ1) is 21.7. The molecule has 7 heteroatoms. The average molecular weight is 403 g/mol. The number of anilines is 1. The van der Waals surface area contributed by atoms with Crippen molar-refractivity contribution in [3.05, 3.63) is 29.8 Å². The van der Waals surface area contributed by atoms with Crippen LogP contribution >= 0.6 is 0 Å². The summed E-state index contributed by atoms with van der Waals surface area (Å²) in [7, 11) is 0. The molecule has 2 fully saturated rings. The van der Waals surface area contributed by atoms with Gasteiger partial charge in [-0.1, -0.05) is 13.0 Å². The van der Waals surface area contributed by atoms with Gasteiger partial charge >= 0.3 is 0 Å². The van der Waals surface area contributed by atoms with Crippen LogP contribution in [-0.2, 0) is 9.53 Å². The zero-order valence-electron chi connectivity index (χ0n) is 17.5. The quantitative estimate of drug-likeness (QED) is 0.618. The van der Waals surface area contributed by atoms with E-state index in [2.05, 4.69) is 27.4 Å². The number of carbonyl (C=O) groups is 2. The van der Waals surface area contributed by atoms with Crippen LogP contribution in [0.3, 0.4) is 0 Å². The summed E-state index contributed by atoms with van der Waals surface area (Å²) in [5, 5.41) is 5.83. The maximum Gasteiger partial charge on any atom is 0.253 e. The molecule has 2 aliphatic rings. The second-order valence-electron chi connectivity index (χ2n) is 7.81. The van der Waals surface area contributed by atoms with E-state index in [1.165, 1.54) is 0 Å². The van der Waals surface area contributed by atoms with E-state index in [1.54, 1.807) is 24.3 Å². The summed E-state index contributed by atoms with van der Waals surface area (Å²) >= 11 is 0. The van der Waals surface area contributed by atoms with E-state index in [1.807, 2.05) is 0 Å². The number of unbranched alkanes of at least 4 members (excludes halogenated alkanes) is 1. The monoisotopic (exact) mass is 402 g/mol. The van der Waals surface area contributed by atoms with Gasteiger partial charge < -0.3 is 25.2 Å². The average Bonchev–Trinajstić information content (AvgIpc) is 3.29. The van der Waals surface area contributed by atoms with E-state index in [0.717, 1.165) is 65.0 Å². The van der Waals surface area contributed by atoms with E-state index in [9.17, 15) is 9.59 Å². The Labute approximate surface area is 173 Å². The van der Waals surface area contributed by atoms with Gasteiger partial charge in [-0.2, -0.15) is 0 Å². The first-order valence-corrected chi connectivity index (χ1v) is 10.9. The van der Waals surface area contributed by atoms with Gasteiger partial charge in [-0.15, -0.1) is 0 Å². The maximum atomic E-state index is 12.4. The fraction of sp³-hybridized carbons (Fsp3) is 0.636. The number of nitrogens with zero attached hydrogens (tertiary/aromatic N) is 2. The van der Waals surface area contributed by atoms with Crippen molar-refractivity contribution in [3.8, 4) is 0 Å². The van der Waals surface area contributed by atoms with E-state index >= 15 is 0 Å². The number of likely N-dealkylation sites (N-methyl/N-ethyl adjacent to an activating group) is 1. The molecule has 0 aliphatic carbocycles. The fourth-order valence-electron chi connectivity index (χ4n) is 3.84. The van der Waals surface area contributed by atoms with Gasteiger partial charge in [0.1, 0.15) is 6.10 Å². The van der Waals surface area contributed by atoms with Crippen LogP contribution in [0.15, 0.2) is 24.3 Å². The Hall–Kier alpha value is -1.96. The molecule has 0 radical (unpaired) electrons. The Morgan fingerprint density at radius 1 is 1.14 bits per heavy atom. The lowest BCUT2D eigenvalue weighted by atomic mass is 10.1. The molecule has 160 valence electrons. The molecule has 2 saturated heterocycles. The third-order valence-corrected chi connectivity index (χ3v) is 5.71. The largest absolute Gasteiger partial charge is 0.368 e. The van der Waals surface area contributed by atoms with Crippen molar-refractivity contribution >= 4 is 17.5 Å². The number of amides is 2. The van der Waals surface area contributed by atoms with Crippen LogP contribution in [0.1, 0.15) is 43.0 Å². The van der Waals surface area contributed by atoms with Crippen molar-refractivity contribution in [2.24, 2.45) is 0 Å². The number of piperazine rings is 1. The maximum absolute atomic E-state index is 12.4. The molecule has 29 heavy (non-hydrogen) atoms. The standard InChI is InChI=1S/C22H34N4O3/c1-2-25-12-14-26(15-13-25)11-4-3-10-23-21(27)18-7-5-8-19(17-18)24-22(28)20-9-6-16-29-20/h5,7-8,17,20H,2-4,6,9-16H2,1H3,(H,23,27)(H,24,28). The van der Waals surface area contributed by atoms with Gasteiger partial charge in [-0.3, -0.25) is 9.59 Å². The molecule has 3 rings (SSSR count). The fourth-order valence-corrected chi connectivity index (χ4v) is 3.84. The van der Waals surface area contributed by atoms with Crippen molar-refractivity contribution in [3.63, 3.8) is 0 Å². The van der Waals surface area contributed by atoms with Crippen LogP contribution < -0.4 is 10.6 Å². The summed E-state index contributed by atoms with van der Waals surface area (Å²) in [5.41, 5.74) is 1.19. The highest BCUT2D eigenvalue weighted by Crippen LogP contribution is 2.16. The third-order valence-electron chi connectivity index (χ3n) is 5.71. The van der Waals surface area contributed by atoms with Crippen LogP contribution in [0.5, 0.6) is 0 Å². The van der Waals surface area contributed by atoms with Gasteiger partial charge in [0.15, 0.2) is 0 Å². The van der Waals surface area contributed by atoms with E-state index in [0.29, 0.717) is 24.4 Å². The summed E-state index contributed by atoms with van der Waals surface area (Å²) in [5.74, 6) is -0.241. The number of hydrogen-bond acceptors (Lipinski definition) is 5. The van der Waals surface area contributed by atoms with Crippen LogP contribution in [-0.4, -0.2) is 80.1 Å². The van der Waals surface area contributed by atoms with Crippen LogP contribution in [0.4, 0.5) is 5.69 Å². The molecule has 0 saturated carbocycles. The van der Waals surface area contributed by atoms with Crippen molar-refractivity contribution in [1.82, 2.24) is 15.1 Å². The number of rotatable bonds is 9. The molecule has 1 aromatic rings. The van der Waals surface area contributed by atoms with Crippen molar-refractivity contribution in [1.29, 1.82) is 0 Å². The smallest absolute Gasteiger partial charge is 0.253 e. The summed E-state index contributed by atoms with van der Waals surface area (Å²) < 4.78 is 5.40. The first-order chi connectivity index (χ1) is 14.2. The predicted molar refractivity (Wildman–Crippen MR) is 114 cm³/mol. The van der Waals surface area contributed by atoms with Gasteiger partial charge in [0.05, 0.1) is 0 Å². The first-order valence-electron chi connectivity index (χ1n) is 10.9. The lowest BCUT2D eigenvalue weighted by Crippen LogP contribution is -2.46. The normalized spacial score (nSPS) is 20.5. The highest BCUT2D eigenvalue weighted by atomic mass is 16.5. The second kappa shape index (κ2) is 11.3. The Balaban J connectivity index is 1.34. The molecule has 0 spiro atoms. The number of nitrogens with one attached hydrogen (secondary N) is 2. The molecule has 2 N–H and O–H groups in total. The molecule has 1 atom stereocenters. The van der Waals surface area contributed by atoms with Gasteiger partial charge in [-0.25, -0.2) is 0 Å². The van der Waals surface area contributed by atoms with Crippen molar-refractivity contribution in [2.45, 2.75) is 38.7 Å². The van der Waals surface area contributed by atoms with Crippen LogP contribution in [0.25, 0.3) is 0 Å². The second-order valence-corrected chi connectivity index (χ2v) is 7.81. The number of ether oxygens (including phenoxy) is 1. The Morgan fingerprint density at radius 3 is 2.66 bits per heavy atom. The molecule has 2 heterocycles. The summed E-state index contributed by atoms with van der Waals surface area (Å²) in [4.78, 5) is 29.6. The van der Waals surface area contributed by atoms with Crippen molar-refractivity contribution < 1.29 is 14.3 Å². The third kappa shape index (κ3) is 6.80. The van der Waals surface area contributed by atoms with Crippen LogP contribution in [0.2, 0.25) is 0 Å². The lowest BCUT2D eigenvalue weighted by Gasteiger charge is -2.33. The highest BCUT2D eigenvalue weighted by molar-refractivity contribution is 5.98. The molecule has 1 aromatic carbocycles. The Kier molecular flexibility index (Phi) is 8.46. The zero-order chi connectivity index (χ0) is 20.5. The SMILES string of the molecule is CCN1CCN(CCCCNC(=O)c2cccc(NC(=O)C3CCCO3)c2)CC1. The van der Waals surface area contributed by atoms with Gasteiger partial charge in [0.25, 0.3) is 11.8 Å². The molecule has 7 nitrogen and oxygen atoms in total. The van der Waals surface area contributed by atoms with Gasteiger partial charge in [0, 0.05) is 50.6 Å². The summed E-state index contributed by atoms with van der Waals surface area (Å²) in [6, 6.07) is 7.07. The van der Waals surface area contributed by atoms with Gasteiger partial charge in [0.2, 0.25) is 0 Å². The Bertz CT molecular complexity index is 668. The van der Waals surface area contributed by atoms with Crippen LogP contribution in [0, 0.1) is 0 Å². The predicted octanol–water partition coefficient (Wildman–Crippen LogP) is 1.95. The lowest BCUT2D eigenvalue weighted by molar-refractivity contribution is -0.124. The molecular formula is C22H34N4O3. The highest BCUT2D eigenvalue weighted by Gasteiger charge is 2.23. The molecule has 0 aromatic heterocycles. The molecule has 1 unspecified atom stereocenters. The number of benzene rings is 1. The van der Waals surface area contributed by atoms with E-state index in [4.69, 9.17) is 4.74 Å². The minimum atomic E-state index is -0.377. The number of carbonyl (C=O) groups excluding carboxylic acids is 2. The summed E-state index contributed by atoms with van der Waals surface area (Å²) in [6.07, 6.45) is 3.34. The molecule has 0 bridgehead atoms. The minimum absolute atomic E-state index is 0.102. The zero-order valence-corrected chi connectivity index (χ0v) is 17.5. The van der Waals surface area contributed by atoms with Gasteiger partial charge in [-0.05, 0) is 57.0 Å². The van der Waals surface area contributed by atoms with E-state index < -0.39 is 0 Å².